The second-order valence-corrected chi connectivity index (χ2v) is 3.40. The summed E-state index contributed by atoms with van der Waals surface area (Å²) >= 11 is 0. The quantitative estimate of drug-likeness (QED) is 0.557. The van der Waals surface area contributed by atoms with Crippen LogP contribution in [0, 0.1) is 0 Å². The summed E-state index contributed by atoms with van der Waals surface area (Å²) in [6.07, 6.45) is 0.637. The van der Waals surface area contributed by atoms with E-state index in [9.17, 15) is 15.0 Å². The molecule has 0 bridgehead atoms. The number of phenolic OH excluding ortho intramolecular Hbond substituents is 2. The van der Waals surface area contributed by atoms with Crippen LogP contribution in [0.2, 0.25) is 0 Å². The lowest BCUT2D eigenvalue weighted by Crippen LogP contribution is -2.11. The van der Waals surface area contributed by atoms with Crippen molar-refractivity contribution in [2.45, 2.75) is 6.54 Å². The average molecular weight is 195 g/mol. The molecule has 0 aliphatic carbocycles. The fraction of sp³-hybridized carbons (Fsp3) is 0.300. The van der Waals surface area contributed by atoms with Gasteiger partial charge in [0, 0.05) is 17.7 Å². The van der Waals surface area contributed by atoms with Gasteiger partial charge in [-0.15, -0.1) is 0 Å². The first-order chi connectivity index (χ1) is 6.54. The van der Waals surface area contributed by atoms with E-state index in [4.69, 9.17) is 0 Å². The predicted molar refractivity (Wildman–Crippen MR) is 52.6 cm³/mol. The van der Waals surface area contributed by atoms with Gasteiger partial charge in [-0.05, 0) is 26.2 Å². The minimum Gasteiger partial charge on any atom is -0.504 e. The molecule has 0 aromatic heterocycles. The van der Waals surface area contributed by atoms with E-state index in [1.807, 2.05) is 19.0 Å². The Balaban J connectivity index is 3.13. The zero-order valence-electron chi connectivity index (χ0n) is 8.19. The van der Waals surface area contributed by atoms with Crippen LogP contribution in [-0.4, -0.2) is 35.5 Å². The number of rotatable bonds is 3. The van der Waals surface area contributed by atoms with E-state index >= 15 is 0 Å². The topological polar surface area (TPSA) is 60.8 Å². The Hall–Kier alpha value is -1.55. The summed E-state index contributed by atoms with van der Waals surface area (Å²) in [5.74, 6) is -0.421. The molecule has 4 heteroatoms. The molecule has 4 nitrogen and oxygen atoms in total. The van der Waals surface area contributed by atoms with Gasteiger partial charge < -0.3 is 15.1 Å². The van der Waals surface area contributed by atoms with Crippen molar-refractivity contribution in [2.75, 3.05) is 14.1 Å². The number of hydrogen-bond acceptors (Lipinski definition) is 4. The highest BCUT2D eigenvalue weighted by molar-refractivity contribution is 5.77. The van der Waals surface area contributed by atoms with Crippen molar-refractivity contribution in [3.63, 3.8) is 0 Å². The number of aromatic hydroxyl groups is 2. The molecule has 0 radical (unpaired) electrons. The highest BCUT2D eigenvalue weighted by Crippen LogP contribution is 2.30. The molecule has 0 unspecified atom stereocenters. The molecule has 0 atom stereocenters. The molecule has 1 aromatic carbocycles. The molecule has 14 heavy (non-hydrogen) atoms. The zero-order valence-corrected chi connectivity index (χ0v) is 8.19. The fourth-order valence-electron chi connectivity index (χ4n) is 1.23. The third-order valence-electron chi connectivity index (χ3n) is 1.81. The van der Waals surface area contributed by atoms with Crippen LogP contribution in [0.15, 0.2) is 12.1 Å². The maximum absolute atomic E-state index is 10.5. The van der Waals surface area contributed by atoms with E-state index in [1.54, 1.807) is 6.07 Å². The number of hydrogen-bond donors (Lipinski definition) is 2. The van der Waals surface area contributed by atoms with Gasteiger partial charge in [-0.25, -0.2) is 0 Å². The number of benzene rings is 1. The second-order valence-electron chi connectivity index (χ2n) is 3.40. The van der Waals surface area contributed by atoms with Crippen LogP contribution in [0.1, 0.15) is 15.9 Å². The SMILES string of the molecule is CN(C)Cc1cc(C=O)cc(O)c1O. The first-order valence-corrected chi connectivity index (χ1v) is 4.19. The molecule has 1 rings (SSSR count). The Kier molecular flexibility index (Phi) is 3.09. The van der Waals surface area contributed by atoms with Crippen LogP contribution in [-0.2, 0) is 6.54 Å². The van der Waals surface area contributed by atoms with Crippen molar-refractivity contribution in [1.29, 1.82) is 0 Å². The van der Waals surface area contributed by atoms with Gasteiger partial charge in [0.1, 0.15) is 6.29 Å². The largest absolute Gasteiger partial charge is 0.504 e. The van der Waals surface area contributed by atoms with Gasteiger partial charge in [0.2, 0.25) is 0 Å². The van der Waals surface area contributed by atoms with E-state index in [1.165, 1.54) is 6.07 Å². The molecule has 76 valence electrons. The maximum atomic E-state index is 10.5. The molecule has 0 aliphatic rings. The minimum absolute atomic E-state index is 0.163. The number of carbonyl (C=O) groups excluding carboxylic acids is 1. The third-order valence-corrected chi connectivity index (χ3v) is 1.81. The van der Waals surface area contributed by atoms with Crippen molar-refractivity contribution < 1.29 is 15.0 Å². The summed E-state index contributed by atoms with van der Waals surface area (Å²) in [4.78, 5) is 12.3. The molecule has 0 amide bonds. The number of phenols is 2. The smallest absolute Gasteiger partial charge is 0.162 e. The summed E-state index contributed by atoms with van der Waals surface area (Å²) in [7, 11) is 3.67. The fourth-order valence-corrected chi connectivity index (χ4v) is 1.23. The van der Waals surface area contributed by atoms with Gasteiger partial charge in [-0.2, -0.15) is 0 Å². The lowest BCUT2D eigenvalue weighted by molar-refractivity contribution is 0.112. The number of aldehydes is 1. The summed E-state index contributed by atoms with van der Waals surface area (Å²) in [6.45, 7) is 0.473. The van der Waals surface area contributed by atoms with E-state index in [0.717, 1.165) is 0 Å². The molecule has 1 aromatic rings. The summed E-state index contributed by atoms with van der Waals surface area (Å²) in [5, 5.41) is 18.8. The van der Waals surface area contributed by atoms with Crippen molar-refractivity contribution in [3.8, 4) is 11.5 Å². The van der Waals surface area contributed by atoms with Gasteiger partial charge in [-0.1, -0.05) is 0 Å². The first kappa shape index (κ1) is 10.5. The van der Waals surface area contributed by atoms with Crippen LogP contribution in [0.25, 0.3) is 0 Å². The Morgan fingerprint density at radius 2 is 2.00 bits per heavy atom. The maximum Gasteiger partial charge on any atom is 0.162 e. The first-order valence-electron chi connectivity index (χ1n) is 4.19. The molecule has 0 saturated heterocycles. The van der Waals surface area contributed by atoms with Gasteiger partial charge in [0.05, 0.1) is 0 Å². The van der Waals surface area contributed by atoms with Crippen molar-refractivity contribution in [3.05, 3.63) is 23.3 Å². The van der Waals surface area contributed by atoms with Crippen LogP contribution in [0.4, 0.5) is 0 Å². The number of carbonyl (C=O) groups is 1. The molecular weight excluding hydrogens is 182 g/mol. The minimum atomic E-state index is -0.258. The normalized spacial score (nSPS) is 10.5. The van der Waals surface area contributed by atoms with Crippen LogP contribution < -0.4 is 0 Å². The van der Waals surface area contributed by atoms with E-state index in [0.29, 0.717) is 24.0 Å². The van der Waals surface area contributed by atoms with Crippen LogP contribution >= 0.6 is 0 Å². The van der Waals surface area contributed by atoms with Gasteiger partial charge in [0.25, 0.3) is 0 Å². The third kappa shape index (κ3) is 2.23. The summed E-state index contributed by atoms with van der Waals surface area (Å²) in [5.41, 5.74) is 0.897. The molecule has 0 fully saturated rings. The van der Waals surface area contributed by atoms with Crippen molar-refractivity contribution in [2.24, 2.45) is 0 Å². The molecular formula is C10H13NO3. The second kappa shape index (κ2) is 4.11. The Bertz CT molecular complexity index is 347. The van der Waals surface area contributed by atoms with Gasteiger partial charge in [-0.3, -0.25) is 4.79 Å². The van der Waals surface area contributed by atoms with Gasteiger partial charge in [0.15, 0.2) is 11.5 Å². The molecule has 0 saturated carbocycles. The lowest BCUT2D eigenvalue weighted by atomic mass is 10.1. The van der Waals surface area contributed by atoms with Crippen molar-refractivity contribution >= 4 is 6.29 Å². The van der Waals surface area contributed by atoms with Gasteiger partial charge >= 0.3 is 0 Å². The average Bonchev–Trinajstić information content (AvgIpc) is 2.11. The summed E-state index contributed by atoms with van der Waals surface area (Å²) in [6, 6.07) is 2.80. The van der Waals surface area contributed by atoms with E-state index in [-0.39, 0.29) is 11.5 Å². The summed E-state index contributed by atoms with van der Waals surface area (Å²) < 4.78 is 0. The zero-order chi connectivity index (χ0) is 10.7. The predicted octanol–water partition coefficient (Wildman–Crippen LogP) is 0.972. The van der Waals surface area contributed by atoms with E-state index < -0.39 is 0 Å². The highest BCUT2D eigenvalue weighted by Gasteiger charge is 2.09. The molecule has 0 heterocycles. The Morgan fingerprint density at radius 1 is 1.36 bits per heavy atom. The molecule has 0 spiro atoms. The highest BCUT2D eigenvalue weighted by atomic mass is 16.3. The van der Waals surface area contributed by atoms with Crippen molar-refractivity contribution in [1.82, 2.24) is 4.90 Å². The number of nitrogens with zero attached hydrogens (tertiary/aromatic N) is 1. The Labute approximate surface area is 82.4 Å². The van der Waals surface area contributed by atoms with Crippen LogP contribution in [0.3, 0.4) is 0 Å². The molecule has 0 aliphatic heterocycles. The standard InChI is InChI=1S/C10H13NO3/c1-11(2)5-8-3-7(6-12)4-9(13)10(8)14/h3-4,6,13-14H,5H2,1-2H3. The Morgan fingerprint density at radius 3 is 2.50 bits per heavy atom. The lowest BCUT2D eigenvalue weighted by Gasteiger charge is -2.12. The van der Waals surface area contributed by atoms with E-state index in [2.05, 4.69) is 0 Å². The monoisotopic (exact) mass is 195 g/mol. The molecule has 2 N–H and O–H groups in total. The van der Waals surface area contributed by atoms with Crippen LogP contribution in [0.5, 0.6) is 11.5 Å².